The van der Waals surface area contributed by atoms with Crippen LogP contribution in [0.5, 0.6) is 0 Å². The number of carbonyl (C=O) groups excluding carboxylic acids is 1. The van der Waals surface area contributed by atoms with Gasteiger partial charge in [-0.1, -0.05) is 6.07 Å². The highest BCUT2D eigenvalue weighted by Gasteiger charge is 2.16. The van der Waals surface area contributed by atoms with Crippen molar-refractivity contribution in [1.82, 2.24) is 9.55 Å². The zero-order valence-electron chi connectivity index (χ0n) is 11.4. The lowest BCUT2D eigenvalue weighted by Gasteiger charge is -2.06. The first kappa shape index (κ1) is 14.6. The summed E-state index contributed by atoms with van der Waals surface area (Å²) in [6.45, 7) is 1.85. The van der Waals surface area contributed by atoms with Gasteiger partial charge in [0.05, 0.1) is 5.69 Å². The Hall–Kier alpha value is -2.83. The molecule has 0 aliphatic rings. The zero-order chi connectivity index (χ0) is 15.4. The van der Waals surface area contributed by atoms with E-state index in [1.54, 1.807) is 25.3 Å². The van der Waals surface area contributed by atoms with Crippen LogP contribution in [-0.2, 0) is 11.3 Å². The number of carbonyl (C=O) groups is 2. The number of nitrogens with zero attached hydrogens (tertiary/aromatic N) is 1. The van der Waals surface area contributed by atoms with Crippen LogP contribution in [0.3, 0.4) is 0 Å². The third-order valence-corrected chi connectivity index (χ3v) is 3.04. The predicted molar refractivity (Wildman–Crippen MR) is 76.4 cm³/mol. The minimum absolute atomic E-state index is 0.0419. The number of H-pyrrole nitrogens is 1. The first-order chi connectivity index (χ1) is 9.99. The average molecular weight is 289 g/mol. The Morgan fingerprint density at radius 2 is 2.14 bits per heavy atom. The van der Waals surface area contributed by atoms with Gasteiger partial charge in [0.1, 0.15) is 5.56 Å². The molecule has 0 aliphatic heterocycles. The molecule has 0 bridgehead atoms. The van der Waals surface area contributed by atoms with Crippen molar-refractivity contribution in [2.75, 3.05) is 5.32 Å². The molecular weight excluding hydrogens is 274 g/mol. The lowest BCUT2D eigenvalue weighted by molar-refractivity contribution is -0.116. The van der Waals surface area contributed by atoms with Crippen molar-refractivity contribution in [3.63, 3.8) is 0 Å². The minimum Gasteiger partial charge on any atom is -0.478 e. The van der Waals surface area contributed by atoms with Gasteiger partial charge in [0.15, 0.2) is 0 Å². The van der Waals surface area contributed by atoms with Crippen LogP contribution in [-0.4, -0.2) is 26.5 Å². The molecular formula is C14H15N3O4. The molecule has 110 valence electrons. The molecule has 0 radical (unpaired) electrons. The Balaban J connectivity index is 2.01. The summed E-state index contributed by atoms with van der Waals surface area (Å²) < 4.78 is 1.42. The van der Waals surface area contributed by atoms with Crippen molar-refractivity contribution in [1.29, 1.82) is 0 Å². The fraction of sp³-hybridized carbons (Fsp3) is 0.214. The lowest BCUT2D eigenvalue weighted by atomic mass is 10.2. The standard InChI is InChI=1S/C14H15N3O4/c1-9-13(14(20)21)10(8-15-9)16-11(18)5-7-17-6-3-2-4-12(17)19/h2-4,6,8,15H,5,7H2,1H3,(H,16,18)(H,20,21). The smallest absolute Gasteiger partial charge is 0.339 e. The number of aromatic amines is 1. The van der Waals surface area contributed by atoms with E-state index in [2.05, 4.69) is 10.3 Å². The van der Waals surface area contributed by atoms with Gasteiger partial charge < -0.3 is 20.0 Å². The summed E-state index contributed by atoms with van der Waals surface area (Å²) in [6, 6.07) is 4.74. The molecule has 0 spiro atoms. The van der Waals surface area contributed by atoms with Crippen molar-refractivity contribution in [2.45, 2.75) is 19.9 Å². The van der Waals surface area contributed by atoms with E-state index in [1.165, 1.54) is 16.8 Å². The summed E-state index contributed by atoms with van der Waals surface area (Å²) >= 11 is 0. The molecule has 0 atom stereocenters. The van der Waals surface area contributed by atoms with Gasteiger partial charge in [0.25, 0.3) is 5.56 Å². The van der Waals surface area contributed by atoms with Gasteiger partial charge in [-0.25, -0.2) is 4.79 Å². The number of aromatic nitrogens is 2. The maximum atomic E-state index is 11.8. The van der Waals surface area contributed by atoms with E-state index in [9.17, 15) is 14.4 Å². The zero-order valence-corrected chi connectivity index (χ0v) is 11.4. The third kappa shape index (κ3) is 3.38. The number of anilines is 1. The maximum absolute atomic E-state index is 11.8. The van der Waals surface area contributed by atoms with E-state index in [-0.39, 0.29) is 35.7 Å². The largest absolute Gasteiger partial charge is 0.478 e. The van der Waals surface area contributed by atoms with Crippen LogP contribution >= 0.6 is 0 Å². The number of nitrogens with one attached hydrogen (secondary N) is 2. The number of hydrogen-bond donors (Lipinski definition) is 3. The summed E-state index contributed by atoms with van der Waals surface area (Å²) in [5.41, 5.74) is 0.553. The second kappa shape index (κ2) is 6.08. The van der Waals surface area contributed by atoms with Gasteiger partial charge in [-0.3, -0.25) is 9.59 Å². The molecule has 2 heterocycles. The Bertz CT molecular complexity index is 730. The summed E-state index contributed by atoms with van der Waals surface area (Å²) in [5, 5.41) is 11.6. The fourth-order valence-electron chi connectivity index (χ4n) is 1.98. The Morgan fingerprint density at radius 3 is 2.81 bits per heavy atom. The summed E-state index contributed by atoms with van der Waals surface area (Å²) in [6.07, 6.45) is 3.11. The molecule has 7 heteroatoms. The van der Waals surface area contributed by atoms with Crippen LogP contribution in [0.25, 0.3) is 0 Å². The molecule has 3 N–H and O–H groups in total. The van der Waals surface area contributed by atoms with E-state index < -0.39 is 5.97 Å². The van der Waals surface area contributed by atoms with E-state index in [0.717, 1.165) is 0 Å². The van der Waals surface area contributed by atoms with E-state index >= 15 is 0 Å². The number of aryl methyl sites for hydroxylation is 2. The first-order valence-electron chi connectivity index (χ1n) is 6.35. The fourth-order valence-corrected chi connectivity index (χ4v) is 1.98. The second-order valence-electron chi connectivity index (χ2n) is 4.54. The van der Waals surface area contributed by atoms with Gasteiger partial charge in [-0.2, -0.15) is 0 Å². The summed E-state index contributed by atoms with van der Waals surface area (Å²) in [4.78, 5) is 37.2. The van der Waals surface area contributed by atoms with E-state index in [4.69, 9.17) is 5.11 Å². The number of rotatable bonds is 5. The number of aromatic carboxylic acids is 1. The van der Waals surface area contributed by atoms with Crippen molar-refractivity contribution in [2.24, 2.45) is 0 Å². The van der Waals surface area contributed by atoms with Crippen molar-refractivity contribution in [3.05, 3.63) is 52.2 Å². The molecule has 2 aromatic rings. The van der Waals surface area contributed by atoms with Crippen LogP contribution in [0, 0.1) is 6.92 Å². The summed E-state index contributed by atoms with van der Waals surface area (Å²) in [7, 11) is 0. The van der Waals surface area contributed by atoms with Crippen LogP contribution in [0.2, 0.25) is 0 Å². The number of hydrogen-bond acceptors (Lipinski definition) is 3. The van der Waals surface area contributed by atoms with E-state index in [0.29, 0.717) is 5.69 Å². The van der Waals surface area contributed by atoms with Gasteiger partial charge >= 0.3 is 5.97 Å². The highest BCUT2D eigenvalue weighted by molar-refractivity contribution is 6.01. The lowest BCUT2D eigenvalue weighted by Crippen LogP contribution is -2.22. The summed E-state index contributed by atoms with van der Waals surface area (Å²) in [5.74, 6) is -1.46. The Kier molecular flexibility index (Phi) is 4.22. The molecule has 7 nitrogen and oxygen atoms in total. The molecule has 0 fully saturated rings. The normalized spacial score (nSPS) is 10.3. The predicted octanol–water partition coefficient (Wildman–Crippen LogP) is 1.21. The van der Waals surface area contributed by atoms with Crippen LogP contribution in [0.1, 0.15) is 22.5 Å². The number of carboxylic acid groups (broad SMARTS) is 1. The van der Waals surface area contributed by atoms with Gasteiger partial charge in [-0.15, -0.1) is 0 Å². The average Bonchev–Trinajstić information content (AvgIpc) is 2.79. The molecule has 0 unspecified atom stereocenters. The molecule has 21 heavy (non-hydrogen) atoms. The first-order valence-corrected chi connectivity index (χ1v) is 6.35. The van der Waals surface area contributed by atoms with Crippen molar-refractivity contribution < 1.29 is 14.7 Å². The number of pyridine rings is 1. The van der Waals surface area contributed by atoms with Crippen LogP contribution < -0.4 is 10.9 Å². The molecule has 0 aromatic carbocycles. The number of amides is 1. The van der Waals surface area contributed by atoms with Gasteiger partial charge in [0.2, 0.25) is 5.91 Å². The molecule has 0 saturated heterocycles. The quantitative estimate of drug-likeness (QED) is 0.769. The molecule has 2 rings (SSSR count). The topological polar surface area (TPSA) is 104 Å². The van der Waals surface area contributed by atoms with Crippen LogP contribution in [0.15, 0.2) is 35.4 Å². The SMILES string of the molecule is Cc1[nH]cc(NC(=O)CCn2ccccc2=O)c1C(=O)O. The second-order valence-corrected chi connectivity index (χ2v) is 4.54. The van der Waals surface area contributed by atoms with Gasteiger partial charge in [-0.05, 0) is 13.0 Å². The van der Waals surface area contributed by atoms with Crippen molar-refractivity contribution in [3.8, 4) is 0 Å². The third-order valence-electron chi connectivity index (χ3n) is 3.04. The van der Waals surface area contributed by atoms with Crippen molar-refractivity contribution >= 4 is 17.6 Å². The van der Waals surface area contributed by atoms with Gasteiger partial charge in [0, 0.05) is 37.1 Å². The molecule has 2 aromatic heterocycles. The Morgan fingerprint density at radius 1 is 1.38 bits per heavy atom. The Labute approximate surface area is 120 Å². The van der Waals surface area contributed by atoms with E-state index in [1.807, 2.05) is 0 Å². The monoisotopic (exact) mass is 289 g/mol. The molecule has 1 amide bonds. The highest BCUT2D eigenvalue weighted by Crippen LogP contribution is 2.19. The number of carboxylic acids is 1. The molecule has 0 saturated carbocycles. The highest BCUT2D eigenvalue weighted by atomic mass is 16.4. The maximum Gasteiger partial charge on any atom is 0.339 e. The molecule has 0 aliphatic carbocycles. The van der Waals surface area contributed by atoms with Crippen LogP contribution in [0.4, 0.5) is 5.69 Å². The minimum atomic E-state index is -1.11.